The summed E-state index contributed by atoms with van der Waals surface area (Å²) in [5, 5.41) is 15.1. The molecular formula is C15H21ClN2O2. The molecule has 0 radical (unpaired) electrons. The van der Waals surface area contributed by atoms with Gasteiger partial charge >= 0.3 is 0 Å². The van der Waals surface area contributed by atoms with Gasteiger partial charge in [-0.2, -0.15) is 0 Å². The van der Waals surface area contributed by atoms with Crippen LogP contribution in [0.5, 0.6) is 0 Å². The Labute approximate surface area is 124 Å². The minimum Gasteiger partial charge on any atom is -0.314 e. The number of nitrogens with one attached hydrogen (secondary N) is 1. The van der Waals surface area contributed by atoms with Crippen LogP contribution in [-0.2, 0) is 6.42 Å². The van der Waals surface area contributed by atoms with Crippen molar-refractivity contribution in [1.29, 1.82) is 0 Å². The third-order valence-electron chi connectivity index (χ3n) is 4.30. The fourth-order valence-electron chi connectivity index (χ4n) is 2.74. The molecule has 20 heavy (non-hydrogen) atoms. The fourth-order valence-corrected chi connectivity index (χ4v) is 2.90. The highest BCUT2D eigenvalue weighted by Crippen LogP contribution is 2.52. The summed E-state index contributed by atoms with van der Waals surface area (Å²) in [6, 6.07) is 5.38. The first-order valence-electron chi connectivity index (χ1n) is 7.15. The first-order chi connectivity index (χ1) is 9.48. The summed E-state index contributed by atoms with van der Waals surface area (Å²) in [5.41, 5.74) is 1.11. The van der Waals surface area contributed by atoms with E-state index < -0.39 is 0 Å². The molecule has 1 fully saturated rings. The smallest absolute Gasteiger partial charge is 0.274 e. The maximum absolute atomic E-state index is 11.2. The van der Waals surface area contributed by atoms with Gasteiger partial charge in [-0.3, -0.25) is 10.1 Å². The zero-order valence-corrected chi connectivity index (χ0v) is 12.7. The normalized spacial score (nSPS) is 17.8. The van der Waals surface area contributed by atoms with Crippen molar-refractivity contribution in [3.05, 3.63) is 38.9 Å². The van der Waals surface area contributed by atoms with Crippen LogP contribution in [0.3, 0.4) is 0 Å². The predicted molar refractivity (Wildman–Crippen MR) is 81.2 cm³/mol. The Morgan fingerprint density at radius 3 is 2.75 bits per heavy atom. The molecule has 1 aliphatic rings. The Morgan fingerprint density at radius 1 is 1.50 bits per heavy atom. The van der Waals surface area contributed by atoms with E-state index in [0.717, 1.165) is 37.8 Å². The van der Waals surface area contributed by atoms with E-state index in [1.54, 1.807) is 12.1 Å². The quantitative estimate of drug-likeness (QED) is 0.612. The lowest BCUT2D eigenvalue weighted by Crippen LogP contribution is -2.36. The second kappa shape index (κ2) is 6.10. The first-order valence-corrected chi connectivity index (χ1v) is 7.52. The van der Waals surface area contributed by atoms with Crippen molar-refractivity contribution < 1.29 is 4.92 Å². The van der Waals surface area contributed by atoms with Gasteiger partial charge in [0.05, 0.1) is 4.92 Å². The van der Waals surface area contributed by atoms with Gasteiger partial charge in [-0.1, -0.05) is 24.6 Å². The monoisotopic (exact) mass is 296 g/mol. The molecule has 1 aromatic carbocycles. The van der Waals surface area contributed by atoms with Crippen molar-refractivity contribution in [1.82, 2.24) is 5.32 Å². The van der Waals surface area contributed by atoms with Crippen LogP contribution < -0.4 is 5.32 Å². The van der Waals surface area contributed by atoms with E-state index >= 15 is 0 Å². The van der Waals surface area contributed by atoms with E-state index in [9.17, 15) is 10.1 Å². The third kappa shape index (κ3) is 3.30. The lowest BCUT2D eigenvalue weighted by molar-refractivity contribution is -0.385. The van der Waals surface area contributed by atoms with Crippen molar-refractivity contribution in [2.75, 3.05) is 6.54 Å². The molecule has 110 valence electrons. The summed E-state index contributed by atoms with van der Waals surface area (Å²) in [5.74, 6) is 0. The second-order valence-corrected chi connectivity index (χ2v) is 6.18. The second-order valence-electron chi connectivity index (χ2n) is 5.75. The molecule has 0 bridgehead atoms. The SMILES string of the molecule is CCCNC(C)C1(Cc2ccc(Cl)cc2[N+](=O)[O-])CC1. The van der Waals surface area contributed by atoms with Crippen LogP contribution in [0.4, 0.5) is 5.69 Å². The summed E-state index contributed by atoms with van der Waals surface area (Å²) in [6.45, 7) is 5.32. The number of nitro benzene ring substituents is 1. The summed E-state index contributed by atoms with van der Waals surface area (Å²) in [4.78, 5) is 10.8. The Hall–Kier alpha value is -1.13. The van der Waals surface area contributed by atoms with Gasteiger partial charge in [0.1, 0.15) is 0 Å². The highest BCUT2D eigenvalue weighted by molar-refractivity contribution is 6.30. The summed E-state index contributed by atoms with van der Waals surface area (Å²) >= 11 is 5.86. The molecule has 1 saturated carbocycles. The number of nitro groups is 1. The van der Waals surface area contributed by atoms with Gasteiger partial charge in [-0.05, 0) is 50.6 Å². The van der Waals surface area contributed by atoms with Crippen molar-refractivity contribution in [3.8, 4) is 0 Å². The molecule has 5 heteroatoms. The molecule has 1 N–H and O–H groups in total. The number of hydrogen-bond acceptors (Lipinski definition) is 3. The zero-order chi connectivity index (χ0) is 14.8. The summed E-state index contributed by atoms with van der Waals surface area (Å²) in [7, 11) is 0. The molecule has 0 spiro atoms. The minimum absolute atomic E-state index is 0.145. The van der Waals surface area contributed by atoms with Gasteiger partial charge < -0.3 is 5.32 Å². The van der Waals surface area contributed by atoms with Crippen molar-refractivity contribution >= 4 is 17.3 Å². The zero-order valence-electron chi connectivity index (χ0n) is 12.0. The van der Waals surface area contributed by atoms with Gasteiger partial charge in [-0.25, -0.2) is 0 Å². The average Bonchev–Trinajstić information content (AvgIpc) is 3.19. The highest BCUT2D eigenvalue weighted by atomic mass is 35.5. The number of halogens is 1. The van der Waals surface area contributed by atoms with Crippen molar-refractivity contribution in [3.63, 3.8) is 0 Å². The fraction of sp³-hybridized carbons (Fsp3) is 0.600. The van der Waals surface area contributed by atoms with Crippen molar-refractivity contribution in [2.45, 2.75) is 45.6 Å². The number of nitrogens with zero attached hydrogens (tertiary/aromatic N) is 1. The number of benzene rings is 1. The Bertz CT molecular complexity index is 501. The van der Waals surface area contributed by atoms with E-state index in [1.165, 1.54) is 6.07 Å². The molecule has 1 atom stereocenters. The lowest BCUT2D eigenvalue weighted by Gasteiger charge is -2.24. The molecule has 0 heterocycles. The third-order valence-corrected chi connectivity index (χ3v) is 4.53. The molecule has 1 aliphatic carbocycles. The van der Waals surface area contributed by atoms with Gasteiger partial charge in [-0.15, -0.1) is 0 Å². The average molecular weight is 297 g/mol. The standard InChI is InChI=1S/C15H21ClN2O2/c1-3-8-17-11(2)15(6-7-15)10-12-4-5-13(16)9-14(12)18(19)20/h4-5,9,11,17H,3,6-8,10H2,1-2H3. The Kier molecular flexibility index (Phi) is 4.66. The van der Waals surface area contributed by atoms with E-state index in [2.05, 4.69) is 19.2 Å². The molecule has 1 unspecified atom stereocenters. The van der Waals surface area contributed by atoms with Crippen LogP contribution >= 0.6 is 11.6 Å². The predicted octanol–water partition coefficient (Wildman–Crippen LogP) is 3.96. The largest absolute Gasteiger partial charge is 0.314 e. The lowest BCUT2D eigenvalue weighted by atomic mass is 9.89. The van der Waals surface area contributed by atoms with Gasteiger partial charge in [0.2, 0.25) is 0 Å². The number of rotatable bonds is 7. The van der Waals surface area contributed by atoms with Gasteiger partial charge in [0, 0.05) is 22.7 Å². The maximum Gasteiger partial charge on any atom is 0.274 e. The van der Waals surface area contributed by atoms with Crippen LogP contribution in [0.15, 0.2) is 18.2 Å². The molecule has 0 saturated heterocycles. The van der Waals surface area contributed by atoms with Crippen LogP contribution in [0.1, 0.15) is 38.7 Å². The molecule has 0 aromatic heterocycles. The van der Waals surface area contributed by atoms with Gasteiger partial charge in [0.15, 0.2) is 0 Å². The highest BCUT2D eigenvalue weighted by Gasteiger charge is 2.47. The van der Waals surface area contributed by atoms with Crippen LogP contribution in [-0.4, -0.2) is 17.5 Å². The molecule has 2 rings (SSSR count). The summed E-state index contributed by atoms with van der Waals surface area (Å²) < 4.78 is 0. The van der Waals surface area contributed by atoms with Gasteiger partial charge in [0.25, 0.3) is 5.69 Å². The topological polar surface area (TPSA) is 55.2 Å². The van der Waals surface area contributed by atoms with Crippen molar-refractivity contribution in [2.24, 2.45) is 5.41 Å². The van der Waals surface area contributed by atoms with Crippen LogP contribution in [0, 0.1) is 15.5 Å². The van der Waals surface area contributed by atoms with Crippen LogP contribution in [0.2, 0.25) is 5.02 Å². The van der Waals surface area contributed by atoms with E-state index in [1.807, 2.05) is 0 Å². The van der Waals surface area contributed by atoms with E-state index in [4.69, 9.17) is 11.6 Å². The number of hydrogen-bond donors (Lipinski definition) is 1. The maximum atomic E-state index is 11.2. The molecule has 0 amide bonds. The van der Waals surface area contributed by atoms with E-state index in [-0.39, 0.29) is 16.0 Å². The first kappa shape index (κ1) is 15.3. The minimum atomic E-state index is -0.332. The molecule has 1 aromatic rings. The van der Waals surface area contributed by atoms with E-state index in [0.29, 0.717) is 11.1 Å². The molecule has 0 aliphatic heterocycles. The molecule has 4 nitrogen and oxygen atoms in total. The van der Waals surface area contributed by atoms with Crippen LogP contribution in [0.25, 0.3) is 0 Å². The Morgan fingerprint density at radius 2 is 2.20 bits per heavy atom. The molecular weight excluding hydrogens is 276 g/mol. The Balaban J connectivity index is 2.15. The summed E-state index contributed by atoms with van der Waals surface area (Å²) in [6.07, 6.45) is 4.11.